The number of esters is 1. The van der Waals surface area contributed by atoms with Gasteiger partial charge in [-0.3, -0.25) is 4.79 Å². The Balaban J connectivity index is 2.31. The molecule has 5 heteroatoms. The predicted octanol–water partition coefficient (Wildman–Crippen LogP) is 5.55. The molecule has 0 amide bonds. The highest BCUT2D eigenvalue weighted by atomic mass is 28.4. The van der Waals surface area contributed by atoms with E-state index in [1.807, 2.05) is 20.0 Å². The average molecular weight is 418 g/mol. The lowest BCUT2D eigenvalue weighted by Gasteiger charge is -2.44. The van der Waals surface area contributed by atoms with Crippen molar-refractivity contribution in [3.8, 4) is 0 Å². The number of fused-ring (bicyclic) bond motifs is 1. The highest BCUT2D eigenvalue weighted by molar-refractivity contribution is 6.72. The summed E-state index contributed by atoms with van der Waals surface area (Å²) in [5.41, 5.74) is 4.90. The first-order chi connectivity index (χ1) is 13.3. The van der Waals surface area contributed by atoms with Gasteiger partial charge >= 0.3 is 5.97 Å². The van der Waals surface area contributed by atoms with Crippen molar-refractivity contribution in [3.05, 3.63) is 35.4 Å². The maximum absolute atomic E-state index is 11.8. The second-order valence-electron chi connectivity index (χ2n) is 10.0. The van der Waals surface area contributed by atoms with E-state index in [-0.39, 0.29) is 16.5 Å². The van der Waals surface area contributed by atoms with Gasteiger partial charge in [-0.15, -0.1) is 0 Å². The number of benzene rings is 1. The monoisotopic (exact) mass is 417 g/mol. The van der Waals surface area contributed by atoms with Crippen LogP contribution in [0, 0.1) is 0 Å². The van der Waals surface area contributed by atoms with Crippen molar-refractivity contribution in [2.75, 3.05) is 18.1 Å². The van der Waals surface area contributed by atoms with Crippen LogP contribution in [0.2, 0.25) is 18.1 Å². The molecule has 2 rings (SSSR count). The second-order valence-corrected chi connectivity index (χ2v) is 14.5. The Morgan fingerprint density at radius 3 is 2.52 bits per heavy atom. The highest BCUT2D eigenvalue weighted by Crippen LogP contribution is 2.43. The van der Waals surface area contributed by atoms with Crippen molar-refractivity contribution < 1.29 is 14.3 Å². The average Bonchev–Trinajstić information content (AvgIpc) is 2.56. The van der Waals surface area contributed by atoms with E-state index in [1.54, 1.807) is 0 Å². The number of nitrogens with zero attached hydrogens (tertiary/aromatic N) is 1. The number of carbonyl (C=O) groups is 1. The van der Waals surface area contributed by atoms with Gasteiger partial charge in [0.1, 0.15) is 0 Å². The highest BCUT2D eigenvalue weighted by Gasteiger charge is 2.38. The van der Waals surface area contributed by atoms with Gasteiger partial charge in [0.25, 0.3) is 0 Å². The van der Waals surface area contributed by atoms with Crippen LogP contribution in [0.5, 0.6) is 0 Å². The molecule has 1 aromatic carbocycles. The third-order valence-corrected chi connectivity index (χ3v) is 9.90. The predicted molar refractivity (Wildman–Crippen MR) is 125 cm³/mol. The van der Waals surface area contributed by atoms with E-state index in [0.717, 1.165) is 19.4 Å². The minimum atomic E-state index is -2.28. The van der Waals surface area contributed by atoms with Gasteiger partial charge in [-0.2, -0.15) is 0 Å². The van der Waals surface area contributed by atoms with E-state index >= 15 is 0 Å². The SMILES string of the molecule is CCOC(=O)CCCN1c2cc(CC(C)(C)[Si](C)(C)O)ccc2C(C)=CC1(C)C. The van der Waals surface area contributed by atoms with Crippen molar-refractivity contribution in [2.45, 2.75) is 84.5 Å². The zero-order chi connectivity index (χ0) is 22.0. The van der Waals surface area contributed by atoms with Gasteiger partial charge in [-0.25, -0.2) is 0 Å². The molecule has 0 unspecified atom stereocenters. The third kappa shape index (κ3) is 5.52. The molecule has 1 aliphatic heterocycles. The molecule has 1 N–H and O–H groups in total. The van der Waals surface area contributed by atoms with Gasteiger partial charge in [0.2, 0.25) is 0 Å². The van der Waals surface area contributed by atoms with Crippen molar-refractivity contribution in [1.82, 2.24) is 0 Å². The van der Waals surface area contributed by atoms with Gasteiger partial charge < -0.3 is 14.4 Å². The number of hydrogen-bond donors (Lipinski definition) is 1. The molecule has 0 radical (unpaired) electrons. The molecular formula is C24H39NO3Si. The fourth-order valence-corrected chi connectivity index (χ4v) is 4.63. The Kier molecular flexibility index (Phi) is 7.06. The van der Waals surface area contributed by atoms with Gasteiger partial charge in [0.05, 0.1) is 12.1 Å². The first kappa shape index (κ1) is 23.7. The second kappa shape index (κ2) is 8.64. The van der Waals surface area contributed by atoms with E-state index in [4.69, 9.17) is 4.74 Å². The Morgan fingerprint density at radius 1 is 1.28 bits per heavy atom. The summed E-state index contributed by atoms with van der Waals surface area (Å²) in [7, 11) is -2.28. The van der Waals surface area contributed by atoms with Crippen molar-refractivity contribution in [3.63, 3.8) is 0 Å². The molecule has 0 saturated heterocycles. The van der Waals surface area contributed by atoms with Crippen LogP contribution in [0.1, 0.15) is 65.5 Å². The molecule has 0 saturated carbocycles. The summed E-state index contributed by atoms with van der Waals surface area (Å²) in [5, 5.41) is -0.106. The summed E-state index contributed by atoms with van der Waals surface area (Å²) in [6.07, 6.45) is 4.37. The van der Waals surface area contributed by atoms with Crippen LogP contribution in [-0.4, -0.2) is 37.8 Å². The van der Waals surface area contributed by atoms with Crippen LogP contribution < -0.4 is 4.90 Å². The summed E-state index contributed by atoms with van der Waals surface area (Å²) in [6, 6.07) is 6.71. The number of carbonyl (C=O) groups excluding carboxylic acids is 1. The first-order valence-electron chi connectivity index (χ1n) is 10.8. The van der Waals surface area contributed by atoms with Crippen LogP contribution in [0.4, 0.5) is 5.69 Å². The fraction of sp³-hybridized carbons (Fsp3) is 0.625. The molecule has 0 atom stereocenters. The van der Waals surface area contributed by atoms with Crippen LogP contribution in [0.25, 0.3) is 5.57 Å². The van der Waals surface area contributed by atoms with Gasteiger partial charge in [-0.1, -0.05) is 32.1 Å². The number of rotatable bonds is 8. The quantitative estimate of drug-likeness (QED) is 0.445. The maximum atomic E-state index is 11.8. The summed E-state index contributed by atoms with van der Waals surface area (Å²) in [4.78, 5) is 24.9. The molecule has 0 spiro atoms. The van der Waals surface area contributed by atoms with Crippen molar-refractivity contribution in [1.29, 1.82) is 0 Å². The molecule has 0 aliphatic carbocycles. The number of allylic oxidation sites excluding steroid dienone is 1. The normalized spacial score (nSPS) is 16.3. The molecule has 0 fully saturated rings. The van der Waals surface area contributed by atoms with E-state index < -0.39 is 8.32 Å². The van der Waals surface area contributed by atoms with Gasteiger partial charge in [0.15, 0.2) is 8.32 Å². The molecule has 0 aromatic heterocycles. The van der Waals surface area contributed by atoms with Crippen molar-refractivity contribution in [2.24, 2.45) is 0 Å². The zero-order valence-corrected chi connectivity index (χ0v) is 20.6. The van der Waals surface area contributed by atoms with Crippen molar-refractivity contribution >= 4 is 25.5 Å². The molecule has 4 nitrogen and oxygen atoms in total. The third-order valence-electron chi connectivity index (χ3n) is 6.41. The van der Waals surface area contributed by atoms with E-state index in [9.17, 15) is 9.59 Å². The molecule has 1 aliphatic rings. The van der Waals surface area contributed by atoms with Crippen LogP contribution in [0.15, 0.2) is 24.3 Å². The maximum Gasteiger partial charge on any atom is 0.305 e. The topological polar surface area (TPSA) is 49.8 Å². The minimum Gasteiger partial charge on any atom is -0.466 e. The molecule has 162 valence electrons. The Labute approximate surface area is 178 Å². The van der Waals surface area contributed by atoms with Gasteiger partial charge in [-0.05, 0) is 75.9 Å². The fourth-order valence-electron chi connectivity index (χ4n) is 3.99. The minimum absolute atomic E-state index is 0.106. The van der Waals surface area contributed by atoms with Crippen LogP contribution >= 0.6 is 0 Å². The Hall–Kier alpha value is -1.59. The number of ether oxygens (including phenoxy) is 1. The molecule has 1 aromatic rings. The van der Waals surface area contributed by atoms with Gasteiger partial charge in [0, 0.05) is 24.2 Å². The van der Waals surface area contributed by atoms with E-state index in [0.29, 0.717) is 13.0 Å². The Bertz CT molecular complexity index is 775. The van der Waals surface area contributed by atoms with Crippen LogP contribution in [0.3, 0.4) is 0 Å². The lowest BCUT2D eigenvalue weighted by molar-refractivity contribution is -0.143. The molecule has 0 bridgehead atoms. The summed E-state index contributed by atoms with van der Waals surface area (Å²) in [6.45, 7) is 18.1. The number of anilines is 1. The first-order valence-corrected chi connectivity index (χ1v) is 13.7. The van der Waals surface area contributed by atoms with E-state index in [2.05, 4.69) is 63.8 Å². The van der Waals surface area contributed by atoms with Crippen LogP contribution in [-0.2, 0) is 16.0 Å². The largest absolute Gasteiger partial charge is 0.466 e. The van der Waals surface area contributed by atoms with E-state index in [1.165, 1.54) is 22.4 Å². The summed E-state index contributed by atoms with van der Waals surface area (Å²) >= 11 is 0. The molecule has 29 heavy (non-hydrogen) atoms. The lowest BCUT2D eigenvalue weighted by atomic mass is 9.87. The smallest absolute Gasteiger partial charge is 0.305 e. The molecular weight excluding hydrogens is 378 g/mol. The zero-order valence-electron chi connectivity index (χ0n) is 19.6. The summed E-state index contributed by atoms with van der Waals surface area (Å²) in [5.74, 6) is -0.125. The number of hydrogen-bond acceptors (Lipinski definition) is 4. The lowest BCUT2D eigenvalue weighted by Crippen LogP contribution is -2.46. The standard InChI is InChI=1S/C24H39NO3Si/c1-9-28-22(26)11-10-14-25-21-15-19(17-24(5,6)29(7,8)27)12-13-20(21)18(2)16-23(25,3)4/h12-13,15-16,27H,9-11,14,17H2,1-8H3. The Morgan fingerprint density at radius 2 is 1.93 bits per heavy atom. The molecule has 1 heterocycles. The summed E-state index contributed by atoms with van der Waals surface area (Å²) < 4.78 is 5.09.